The number of nitrogen functional groups attached to an aromatic ring is 1. The SMILES string of the molecule is CC(C)(C)OC(=O)N1CC(F)(F)C[C@H]1Cn1nc(-c2ccc(Oc3ccccc3)cc2F)c2c(N)ncnc21. The zero-order valence-corrected chi connectivity index (χ0v) is 21.6. The second kappa shape index (κ2) is 9.75. The van der Waals surface area contributed by atoms with Gasteiger partial charge in [-0.1, -0.05) is 18.2 Å². The number of nitrogens with zero attached hydrogens (tertiary/aromatic N) is 5. The first kappa shape index (κ1) is 26.3. The van der Waals surface area contributed by atoms with Gasteiger partial charge in [0.1, 0.15) is 40.8 Å². The van der Waals surface area contributed by atoms with Gasteiger partial charge in [0.15, 0.2) is 5.65 Å². The molecule has 0 unspecified atom stereocenters. The third-order valence-corrected chi connectivity index (χ3v) is 6.12. The molecule has 2 aromatic heterocycles. The van der Waals surface area contributed by atoms with Crippen molar-refractivity contribution in [3.8, 4) is 22.8 Å². The summed E-state index contributed by atoms with van der Waals surface area (Å²) < 4.78 is 56.7. The fourth-order valence-corrected chi connectivity index (χ4v) is 4.52. The Balaban J connectivity index is 1.50. The number of para-hydroxylation sites is 1. The van der Waals surface area contributed by atoms with E-state index >= 15 is 4.39 Å². The molecule has 0 aliphatic carbocycles. The van der Waals surface area contributed by atoms with Crippen LogP contribution in [0.15, 0.2) is 54.9 Å². The number of carbonyl (C=O) groups excluding carboxylic acids is 1. The Labute approximate surface area is 222 Å². The normalized spacial score (nSPS) is 17.0. The number of nitrogens with two attached hydrogens (primary N) is 1. The van der Waals surface area contributed by atoms with Crippen molar-refractivity contribution < 1.29 is 27.4 Å². The van der Waals surface area contributed by atoms with Gasteiger partial charge < -0.3 is 15.2 Å². The second-order valence-electron chi connectivity index (χ2n) is 10.4. The highest BCUT2D eigenvalue weighted by Gasteiger charge is 2.48. The van der Waals surface area contributed by atoms with E-state index in [0.717, 1.165) is 4.90 Å². The predicted molar refractivity (Wildman–Crippen MR) is 138 cm³/mol. The molecule has 0 saturated carbocycles. The lowest BCUT2D eigenvalue weighted by atomic mass is 10.1. The number of hydrogen-bond acceptors (Lipinski definition) is 7. The van der Waals surface area contributed by atoms with Crippen molar-refractivity contribution in [3.63, 3.8) is 0 Å². The topological polar surface area (TPSA) is 108 Å². The highest BCUT2D eigenvalue weighted by atomic mass is 19.3. The summed E-state index contributed by atoms with van der Waals surface area (Å²) in [5.41, 5.74) is 5.73. The number of anilines is 1. The van der Waals surface area contributed by atoms with Crippen molar-refractivity contribution in [2.75, 3.05) is 12.3 Å². The van der Waals surface area contributed by atoms with E-state index in [2.05, 4.69) is 15.1 Å². The highest BCUT2D eigenvalue weighted by molar-refractivity contribution is 5.98. The maximum Gasteiger partial charge on any atom is 0.410 e. The summed E-state index contributed by atoms with van der Waals surface area (Å²) in [4.78, 5) is 22.0. The average molecular weight is 541 g/mol. The van der Waals surface area contributed by atoms with E-state index in [1.165, 1.54) is 23.1 Å². The molecule has 1 amide bonds. The Morgan fingerprint density at radius 2 is 1.87 bits per heavy atom. The number of aromatic nitrogens is 4. The lowest BCUT2D eigenvalue weighted by molar-refractivity contribution is -0.00253. The number of hydrogen-bond donors (Lipinski definition) is 1. The van der Waals surface area contributed by atoms with Gasteiger partial charge in [-0.05, 0) is 45.0 Å². The molecule has 1 aliphatic heterocycles. The van der Waals surface area contributed by atoms with Crippen LogP contribution in [0.4, 0.5) is 23.8 Å². The molecule has 1 saturated heterocycles. The van der Waals surface area contributed by atoms with E-state index in [1.54, 1.807) is 51.1 Å². The van der Waals surface area contributed by atoms with E-state index in [9.17, 15) is 13.6 Å². The van der Waals surface area contributed by atoms with Gasteiger partial charge in [-0.15, -0.1) is 0 Å². The van der Waals surface area contributed by atoms with Crippen LogP contribution < -0.4 is 10.5 Å². The molecule has 2 N–H and O–H groups in total. The van der Waals surface area contributed by atoms with Gasteiger partial charge in [0.05, 0.1) is 24.5 Å². The molecule has 1 fully saturated rings. The smallest absolute Gasteiger partial charge is 0.410 e. The first-order valence-electron chi connectivity index (χ1n) is 12.3. The molecule has 12 heteroatoms. The van der Waals surface area contributed by atoms with Gasteiger partial charge in [-0.25, -0.2) is 32.6 Å². The van der Waals surface area contributed by atoms with Crippen LogP contribution in [0.1, 0.15) is 27.2 Å². The summed E-state index contributed by atoms with van der Waals surface area (Å²) in [6, 6.07) is 12.3. The van der Waals surface area contributed by atoms with Crippen LogP contribution in [-0.2, 0) is 11.3 Å². The van der Waals surface area contributed by atoms with E-state index < -0.39 is 42.4 Å². The fourth-order valence-electron chi connectivity index (χ4n) is 4.52. The third-order valence-electron chi connectivity index (χ3n) is 6.12. The summed E-state index contributed by atoms with van der Waals surface area (Å²) in [6.07, 6.45) is -0.235. The number of benzene rings is 2. The van der Waals surface area contributed by atoms with E-state index in [1.807, 2.05) is 6.07 Å². The molecule has 3 heterocycles. The standard InChI is InChI=1S/C27H27F3N6O3/c1-26(2,3)39-25(37)35-14-27(29,30)12-16(35)13-36-24-21(23(31)32-15-33-24)22(34-36)19-10-9-18(11-20(19)28)38-17-7-5-4-6-8-17/h4-11,15-16H,12-14H2,1-3H3,(H2,31,32,33)/t16-/m0/s1. The molecule has 0 spiro atoms. The first-order chi connectivity index (χ1) is 18.4. The largest absolute Gasteiger partial charge is 0.457 e. The van der Waals surface area contributed by atoms with Crippen LogP contribution in [0.5, 0.6) is 11.5 Å². The van der Waals surface area contributed by atoms with Gasteiger partial charge >= 0.3 is 6.09 Å². The van der Waals surface area contributed by atoms with Crippen molar-refractivity contribution in [2.45, 2.75) is 51.3 Å². The van der Waals surface area contributed by atoms with E-state index in [4.69, 9.17) is 15.2 Å². The highest BCUT2D eigenvalue weighted by Crippen LogP contribution is 2.37. The summed E-state index contributed by atoms with van der Waals surface area (Å²) in [6.45, 7) is 4.05. The van der Waals surface area contributed by atoms with Crippen LogP contribution in [-0.4, -0.2) is 54.9 Å². The number of ether oxygens (including phenoxy) is 2. The monoisotopic (exact) mass is 540 g/mol. The molecule has 0 bridgehead atoms. The second-order valence-corrected chi connectivity index (χ2v) is 10.4. The van der Waals surface area contributed by atoms with Crippen molar-refractivity contribution in [3.05, 3.63) is 60.7 Å². The van der Waals surface area contributed by atoms with Crippen molar-refractivity contribution in [1.29, 1.82) is 0 Å². The third kappa shape index (κ3) is 5.59. The maximum atomic E-state index is 15.4. The summed E-state index contributed by atoms with van der Waals surface area (Å²) in [5, 5.41) is 4.77. The quantitative estimate of drug-likeness (QED) is 0.348. The molecule has 204 valence electrons. The van der Waals surface area contributed by atoms with Crippen molar-refractivity contribution >= 4 is 22.9 Å². The van der Waals surface area contributed by atoms with E-state index in [0.29, 0.717) is 5.75 Å². The van der Waals surface area contributed by atoms with Gasteiger partial charge in [-0.2, -0.15) is 5.10 Å². The Morgan fingerprint density at radius 3 is 2.56 bits per heavy atom. The van der Waals surface area contributed by atoms with Crippen LogP contribution in [0.25, 0.3) is 22.3 Å². The molecule has 4 aromatic rings. The molecule has 1 atom stereocenters. The first-order valence-corrected chi connectivity index (χ1v) is 12.3. The van der Waals surface area contributed by atoms with Gasteiger partial charge in [-0.3, -0.25) is 4.90 Å². The summed E-state index contributed by atoms with van der Waals surface area (Å²) in [7, 11) is 0. The summed E-state index contributed by atoms with van der Waals surface area (Å²) >= 11 is 0. The lowest BCUT2D eigenvalue weighted by Crippen LogP contribution is -2.42. The molecule has 2 aromatic carbocycles. The van der Waals surface area contributed by atoms with Crippen LogP contribution in [0.2, 0.25) is 0 Å². The van der Waals surface area contributed by atoms with Crippen molar-refractivity contribution in [1.82, 2.24) is 24.6 Å². The van der Waals surface area contributed by atoms with Gasteiger partial charge in [0.2, 0.25) is 0 Å². The number of rotatable bonds is 5. The van der Waals surface area contributed by atoms with Crippen LogP contribution in [0, 0.1) is 5.82 Å². The fraction of sp³-hybridized carbons (Fsp3) is 0.333. The minimum atomic E-state index is -3.11. The number of amides is 1. The number of carbonyl (C=O) groups is 1. The van der Waals surface area contributed by atoms with Gasteiger partial charge in [0, 0.05) is 18.1 Å². The van der Waals surface area contributed by atoms with Crippen LogP contribution in [0.3, 0.4) is 0 Å². The lowest BCUT2D eigenvalue weighted by Gasteiger charge is -2.28. The molecular formula is C27H27F3N6O3. The average Bonchev–Trinajstić information content (AvgIpc) is 3.36. The zero-order chi connectivity index (χ0) is 27.9. The Morgan fingerprint density at radius 1 is 1.13 bits per heavy atom. The maximum absolute atomic E-state index is 15.4. The minimum absolute atomic E-state index is 0.0472. The number of fused-ring (bicyclic) bond motifs is 1. The number of alkyl halides is 2. The number of likely N-dealkylation sites (tertiary alicyclic amines) is 1. The van der Waals surface area contributed by atoms with E-state index in [-0.39, 0.29) is 40.4 Å². The molecular weight excluding hydrogens is 513 g/mol. The Hall–Kier alpha value is -4.35. The predicted octanol–water partition coefficient (Wildman–Crippen LogP) is 5.65. The minimum Gasteiger partial charge on any atom is -0.457 e. The van der Waals surface area contributed by atoms with Gasteiger partial charge in [0.25, 0.3) is 5.92 Å². The Bertz CT molecular complexity index is 1520. The molecule has 1 aliphatic rings. The molecule has 5 rings (SSSR count). The Kier molecular flexibility index (Phi) is 6.57. The number of halogens is 3. The van der Waals surface area contributed by atoms with Crippen molar-refractivity contribution in [2.24, 2.45) is 0 Å². The van der Waals surface area contributed by atoms with Crippen LogP contribution >= 0.6 is 0 Å². The zero-order valence-electron chi connectivity index (χ0n) is 21.6. The summed E-state index contributed by atoms with van der Waals surface area (Å²) in [5.74, 6) is -2.88. The molecule has 0 radical (unpaired) electrons. The molecule has 39 heavy (non-hydrogen) atoms. The molecule has 9 nitrogen and oxygen atoms in total.